The number of hydrogen-bond donors (Lipinski definition) is 2. The largest absolute Gasteiger partial charge is 0.480 e. The van der Waals surface area contributed by atoms with Gasteiger partial charge in [0, 0.05) is 18.0 Å². The second-order valence-corrected chi connectivity index (χ2v) is 7.17. The van der Waals surface area contributed by atoms with E-state index in [0.29, 0.717) is 0 Å². The molecule has 0 aromatic carbocycles. The van der Waals surface area contributed by atoms with Crippen molar-refractivity contribution < 1.29 is 18.3 Å². The maximum Gasteiger partial charge on any atom is 0.325 e. The molecular weight excluding hydrogens is 290 g/mol. The molecule has 9 heteroatoms. The molecule has 1 atom stereocenters. The lowest BCUT2D eigenvalue weighted by molar-refractivity contribution is -0.137. The molecule has 106 valence electrons. The molecule has 2 N–H and O–H groups in total. The molecule has 1 fully saturated rings. The average Bonchev–Trinajstić information content (AvgIpc) is 2.78. The number of sulfonamides is 1. The number of rotatable bonds is 5. The molecular formula is C10H15N3O4S2. The Kier molecular flexibility index (Phi) is 4.48. The van der Waals surface area contributed by atoms with Crippen LogP contribution >= 0.6 is 11.8 Å². The molecule has 1 saturated heterocycles. The number of aliphatic carboxylic acids is 1. The Labute approximate surface area is 115 Å². The van der Waals surface area contributed by atoms with E-state index in [-0.39, 0.29) is 17.5 Å². The zero-order valence-corrected chi connectivity index (χ0v) is 11.8. The minimum absolute atomic E-state index is 0.00400. The van der Waals surface area contributed by atoms with Crippen molar-refractivity contribution in [1.82, 2.24) is 14.5 Å². The lowest BCUT2D eigenvalue weighted by Crippen LogP contribution is -2.38. The summed E-state index contributed by atoms with van der Waals surface area (Å²) in [5, 5.41) is 12.3. The highest BCUT2D eigenvalue weighted by molar-refractivity contribution is 7.99. The summed E-state index contributed by atoms with van der Waals surface area (Å²) in [4.78, 5) is 10.5. The number of nitrogens with one attached hydrogen (secondary N) is 1. The fraction of sp³-hybridized carbons (Fsp3) is 0.600. The van der Waals surface area contributed by atoms with E-state index in [1.807, 2.05) is 0 Å². The Morgan fingerprint density at radius 2 is 2.42 bits per heavy atom. The van der Waals surface area contributed by atoms with Crippen molar-refractivity contribution in [2.75, 3.05) is 11.5 Å². The zero-order valence-electron chi connectivity index (χ0n) is 10.2. The molecule has 0 spiro atoms. The minimum atomic E-state index is -3.61. The summed E-state index contributed by atoms with van der Waals surface area (Å²) in [6.45, 7) is -0.352. The number of aromatic nitrogens is 2. The van der Waals surface area contributed by atoms with E-state index in [0.717, 1.165) is 29.0 Å². The van der Waals surface area contributed by atoms with Crippen LogP contribution < -0.4 is 4.72 Å². The third kappa shape index (κ3) is 3.95. The van der Waals surface area contributed by atoms with E-state index >= 15 is 0 Å². The van der Waals surface area contributed by atoms with Crippen LogP contribution in [0.5, 0.6) is 0 Å². The molecule has 0 bridgehead atoms. The monoisotopic (exact) mass is 305 g/mol. The Morgan fingerprint density at radius 1 is 1.63 bits per heavy atom. The first-order valence-corrected chi connectivity index (χ1v) is 8.45. The first-order chi connectivity index (χ1) is 8.97. The summed E-state index contributed by atoms with van der Waals surface area (Å²) in [6, 6.07) is -0.0634. The molecule has 0 saturated carbocycles. The molecule has 0 aliphatic carbocycles. The molecule has 1 aromatic rings. The lowest BCUT2D eigenvalue weighted by atomic mass is 10.2. The van der Waals surface area contributed by atoms with Crippen molar-refractivity contribution in [3.8, 4) is 0 Å². The van der Waals surface area contributed by atoms with Gasteiger partial charge < -0.3 is 5.11 Å². The summed E-state index contributed by atoms with van der Waals surface area (Å²) in [6.07, 6.45) is 4.22. The number of nitrogens with zero attached hydrogens (tertiary/aromatic N) is 2. The third-order valence-electron chi connectivity index (χ3n) is 2.70. The maximum absolute atomic E-state index is 12.1. The molecule has 1 unspecified atom stereocenters. The first-order valence-electron chi connectivity index (χ1n) is 5.82. The zero-order chi connectivity index (χ0) is 13.9. The van der Waals surface area contributed by atoms with Gasteiger partial charge in [0.1, 0.15) is 11.4 Å². The second kappa shape index (κ2) is 5.93. The van der Waals surface area contributed by atoms with Gasteiger partial charge in [-0.1, -0.05) is 0 Å². The number of carboxylic acid groups (broad SMARTS) is 1. The van der Waals surface area contributed by atoms with Crippen LogP contribution in [0.25, 0.3) is 0 Å². The molecule has 19 heavy (non-hydrogen) atoms. The topological polar surface area (TPSA) is 101 Å². The van der Waals surface area contributed by atoms with Gasteiger partial charge in [0.05, 0.1) is 6.20 Å². The summed E-state index contributed by atoms with van der Waals surface area (Å²) in [5.41, 5.74) is 0. The van der Waals surface area contributed by atoms with E-state index < -0.39 is 16.0 Å². The van der Waals surface area contributed by atoms with Crippen LogP contribution in [0.4, 0.5) is 0 Å². The van der Waals surface area contributed by atoms with Crippen LogP contribution in [-0.4, -0.2) is 46.8 Å². The highest BCUT2D eigenvalue weighted by atomic mass is 32.2. The molecule has 7 nitrogen and oxygen atoms in total. The van der Waals surface area contributed by atoms with Crippen LogP contribution in [0.1, 0.15) is 12.8 Å². The minimum Gasteiger partial charge on any atom is -0.480 e. The molecule has 1 aromatic heterocycles. The molecule has 2 heterocycles. The molecule has 2 rings (SSSR count). The fourth-order valence-electron chi connectivity index (χ4n) is 1.83. The van der Waals surface area contributed by atoms with Crippen LogP contribution in [-0.2, 0) is 21.4 Å². The van der Waals surface area contributed by atoms with Crippen molar-refractivity contribution in [3.05, 3.63) is 12.4 Å². The van der Waals surface area contributed by atoms with Gasteiger partial charge in [-0.25, -0.2) is 13.1 Å². The number of hydrogen-bond acceptors (Lipinski definition) is 5. The van der Waals surface area contributed by atoms with E-state index in [4.69, 9.17) is 5.11 Å². The van der Waals surface area contributed by atoms with Gasteiger partial charge in [-0.05, 0) is 18.6 Å². The van der Waals surface area contributed by atoms with E-state index in [9.17, 15) is 13.2 Å². The summed E-state index contributed by atoms with van der Waals surface area (Å²) < 4.78 is 27.9. The van der Waals surface area contributed by atoms with Gasteiger partial charge in [0.2, 0.25) is 10.0 Å². The predicted octanol–water partition coefficient (Wildman–Crippen LogP) is 0.142. The van der Waals surface area contributed by atoms with Gasteiger partial charge in [-0.15, -0.1) is 0 Å². The van der Waals surface area contributed by atoms with Crippen LogP contribution in [0.2, 0.25) is 0 Å². The Morgan fingerprint density at radius 3 is 3.05 bits per heavy atom. The maximum atomic E-state index is 12.1. The summed E-state index contributed by atoms with van der Waals surface area (Å²) in [5.74, 6) is 0.765. The standard InChI is InChI=1S/C10H15N3O4S2/c14-10(15)6-13-5-9(4-11-13)19(16,17)12-8-2-1-3-18-7-8/h4-5,8,12H,1-3,6-7H2,(H,14,15). The molecule has 1 aliphatic rings. The van der Waals surface area contributed by atoms with Gasteiger partial charge in [0.15, 0.2) is 0 Å². The van der Waals surface area contributed by atoms with Crippen molar-refractivity contribution in [1.29, 1.82) is 0 Å². The van der Waals surface area contributed by atoms with Gasteiger partial charge in [-0.3, -0.25) is 9.48 Å². The van der Waals surface area contributed by atoms with Crippen LogP contribution in [0.15, 0.2) is 17.3 Å². The average molecular weight is 305 g/mol. The molecule has 0 radical (unpaired) electrons. The van der Waals surface area contributed by atoms with Gasteiger partial charge >= 0.3 is 5.97 Å². The van der Waals surface area contributed by atoms with Crippen LogP contribution in [0.3, 0.4) is 0 Å². The third-order valence-corrected chi connectivity index (χ3v) is 5.39. The van der Waals surface area contributed by atoms with Crippen molar-refractivity contribution >= 4 is 27.8 Å². The highest BCUT2D eigenvalue weighted by Gasteiger charge is 2.23. The smallest absolute Gasteiger partial charge is 0.325 e. The number of carboxylic acids is 1. The van der Waals surface area contributed by atoms with Crippen molar-refractivity contribution in [3.63, 3.8) is 0 Å². The van der Waals surface area contributed by atoms with Crippen molar-refractivity contribution in [2.45, 2.75) is 30.3 Å². The van der Waals surface area contributed by atoms with Gasteiger partial charge in [-0.2, -0.15) is 16.9 Å². The fourth-order valence-corrected chi connectivity index (χ4v) is 4.23. The second-order valence-electron chi connectivity index (χ2n) is 4.30. The Balaban J connectivity index is 2.06. The summed E-state index contributed by atoms with van der Waals surface area (Å²) >= 11 is 1.73. The SMILES string of the molecule is O=C(O)Cn1cc(S(=O)(=O)NC2CCCSC2)cn1. The highest BCUT2D eigenvalue weighted by Crippen LogP contribution is 2.19. The number of carbonyl (C=O) groups is 1. The predicted molar refractivity (Wildman–Crippen MR) is 70.5 cm³/mol. The van der Waals surface area contributed by atoms with Gasteiger partial charge in [0.25, 0.3) is 0 Å². The molecule has 1 aliphatic heterocycles. The quantitative estimate of drug-likeness (QED) is 0.802. The molecule has 0 amide bonds. The number of thioether (sulfide) groups is 1. The van der Waals surface area contributed by atoms with E-state index in [1.54, 1.807) is 11.8 Å². The van der Waals surface area contributed by atoms with Crippen LogP contribution in [0, 0.1) is 0 Å². The Bertz CT molecular complexity index is 549. The Hall–Kier alpha value is -1.06. The first kappa shape index (κ1) is 14.4. The summed E-state index contributed by atoms with van der Waals surface area (Å²) in [7, 11) is -3.61. The normalized spacial score (nSPS) is 20.3. The van der Waals surface area contributed by atoms with Crippen molar-refractivity contribution in [2.24, 2.45) is 0 Å². The van der Waals surface area contributed by atoms with E-state index in [2.05, 4.69) is 9.82 Å². The lowest BCUT2D eigenvalue weighted by Gasteiger charge is -2.21. The van der Waals surface area contributed by atoms with E-state index in [1.165, 1.54) is 12.4 Å².